The fraction of sp³-hybridized carbons (Fsp3) is 0.892. The Balaban J connectivity index is 1.28. The maximum atomic E-state index is 12.7. The second-order valence-corrected chi connectivity index (χ2v) is 25.6. The number of carbonyl (C=O) groups is 7. The monoisotopic (exact) mass is 1320 g/mol. The second kappa shape index (κ2) is 43.9. The fourth-order valence-corrected chi connectivity index (χ4v) is 11.7. The van der Waals surface area contributed by atoms with Gasteiger partial charge in [-0.3, -0.25) is 33.6 Å². The van der Waals surface area contributed by atoms with Crippen molar-refractivity contribution in [2.45, 2.75) is 313 Å². The summed E-state index contributed by atoms with van der Waals surface area (Å²) < 4.78 is 75.4. The summed E-state index contributed by atoms with van der Waals surface area (Å²) in [6.45, 7) is 9.37. The van der Waals surface area contributed by atoms with Crippen molar-refractivity contribution in [1.29, 1.82) is 0 Å². The van der Waals surface area contributed by atoms with Crippen molar-refractivity contribution < 1.29 is 121 Å². The molecule has 0 aromatic rings. The molecule has 0 saturated carbocycles. The number of nitrogens with one attached hydrogen (secondary N) is 1. The number of amides is 1. The van der Waals surface area contributed by atoms with E-state index in [9.17, 15) is 59.1 Å². The van der Waals surface area contributed by atoms with Crippen molar-refractivity contribution >= 4 is 41.5 Å². The van der Waals surface area contributed by atoms with Gasteiger partial charge in [0.1, 0.15) is 48.5 Å². The fourth-order valence-electron chi connectivity index (χ4n) is 11.7. The molecule has 4 fully saturated rings. The van der Waals surface area contributed by atoms with E-state index in [1.165, 1.54) is 38.5 Å². The molecule has 4 rings (SSSR count). The molecule has 92 heavy (non-hydrogen) atoms. The van der Waals surface area contributed by atoms with Gasteiger partial charge in [0.25, 0.3) is 0 Å². The average molecular weight is 1320 g/mol. The van der Waals surface area contributed by atoms with Crippen LogP contribution in [0.25, 0.3) is 0 Å². The first kappa shape index (κ1) is 80.4. The number of aliphatic hydroxyl groups is 5. The highest BCUT2D eigenvalue weighted by molar-refractivity contribution is 5.78. The Morgan fingerprint density at radius 1 is 0.457 bits per heavy atom. The first-order valence-corrected chi connectivity index (χ1v) is 33.6. The third-order valence-corrected chi connectivity index (χ3v) is 16.4. The molecular formula is C65H112N2O25. The Hall–Kier alpha value is -4.07. The van der Waals surface area contributed by atoms with Gasteiger partial charge in [-0.15, -0.1) is 0 Å². The third-order valence-electron chi connectivity index (χ3n) is 16.4. The second-order valence-electron chi connectivity index (χ2n) is 25.6. The third kappa shape index (κ3) is 30.3. The topological polar surface area (TPSA) is 356 Å². The van der Waals surface area contributed by atoms with Crippen LogP contribution in [0.15, 0.2) is 0 Å². The molecule has 1 amide bonds. The van der Waals surface area contributed by atoms with Crippen LogP contribution >= 0.6 is 0 Å². The van der Waals surface area contributed by atoms with Crippen LogP contribution in [0.5, 0.6) is 0 Å². The Kier molecular flexibility index (Phi) is 38.3. The molecule has 532 valence electrons. The van der Waals surface area contributed by atoms with E-state index in [0.29, 0.717) is 38.5 Å². The van der Waals surface area contributed by atoms with Gasteiger partial charge in [-0.25, -0.2) is 0 Å². The van der Waals surface area contributed by atoms with Crippen LogP contribution in [0.4, 0.5) is 0 Å². The maximum absolute atomic E-state index is 12.7. The molecule has 18 atom stereocenters. The predicted octanol–water partition coefficient (Wildman–Crippen LogP) is 4.68. The zero-order valence-electron chi connectivity index (χ0n) is 56.0. The molecule has 4 saturated heterocycles. The maximum Gasteiger partial charge on any atom is 0.303 e. The lowest BCUT2D eigenvalue weighted by atomic mass is 9.96. The van der Waals surface area contributed by atoms with Gasteiger partial charge >= 0.3 is 29.8 Å². The number of unbranched alkanes of at least 4 members (excludes halogenated alkanes) is 16. The van der Waals surface area contributed by atoms with Gasteiger partial charge < -0.3 is 97.3 Å². The van der Waals surface area contributed by atoms with Crippen molar-refractivity contribution in [3.05, 3.63) is 0 Å². The Morgan fingerprint density at radius 3 is 1.45 bits per heavy atom. The number of rotatable bonds is 44. The normalized spacial score (nSPS) is 29.0. The molecule has 6 N–H and O–H groups in total. The van der Waals surface area contributed by atoms with Crippen LogP contribution in [0.3, 0.4) is 0 Å². The van der Waals surface area contributed by atoms with Crippen LogP contribution in [0, 0.1) is 5.92 Å². The lowest BCUT2D eigenvalue weighted by Gasteiger charge is -2.47. The van der Waals surface area contributed by atoms with Crippen LogP contribution in [-0.2, 0) is 95.1 Å². The van der Waals surface area contributed by atoms with Gasteiger partial charge in [0.15, 0.2) is 55.7 Å². The summed E-state index contributed by atoms with van der Waals surface area (Å²) in [6, 6.07) is 0. The van der Waals surface area contributed by atoms with Crippen molar-refractivity contribution in [3.8, 4) is 0 Å². The SMILES string of the molecule is CC(=O)OC1COC(OC2C(OC(CC(C)C)C(O)CCCCCCCC(=O)CCCCCCCCCCCCCC(=O)NCCCCCN(C)C)OCC(O)C2OC2OCC(OC3OCC(OC(C)=O)C(OC(C)=O)C3OC(C)=O)C(O)C2O)C(O)C1OC(C)=O. The standard InChI is InChI=1S/C65H112N2O25/c1-40(2)35-49(47(74)31-25-20-17-19-24-30-46(73)29-23-18-15-13-11-10-12-14-16-21-26-32-53(76)66-33-27-22-28-34-67(8)9)89-64-60(92-63-56(79)58(86-43(5)70)51(38-82-63)84-41(3)68)57(48(75)36-80-64)91-62-55(78)54(77)50(37-81-62)90-65-61(88-45(7)72)59(87-44(6)71)52(39-83-65)85-42(4)69/h40,47-52,54-65,74-75,77-79H,10-39H2,1-9H3,(H,66,76). The zero-order chi connectivity index (χ0) is 67.7. The number of nitrogens with zero attached hydrogens (tertiary/aromatic N) is 1. The Morgan fingerprint density at radius 2 is 0.902 bits per heavy atom. The molecule has 0 aromatic heterocycles. The van der Waals surface area contributed by atoms with Crippen molar-refractivity contribution in [2.75, 3.05) is 53.6 Å². The number of Topliss-reactive ketones (excluding diaryl/α,β-unsaturated/α-hetero) is 1. The molecule has 27 nitrogen and oxygen atoms in total. The summed E-state index contributed by atoms with van der Waals surface area (Å²) >= 11 is 0. The minimum absolute atomic E-state index is 0.0185. The molecule has 0 spiro atoms. The number of hydrogen-bond donors (Lipinski definition) is 6. The van der Waals surface area contributed by atoms with Crippen molar-refractivity contribution in [3.63, 3.8) is 0 Å². The molecular weight excluding hydrogens is 1210 g/mol. The van der Waals surface area contributed by atoms with E-state index in [-0.39, 0.29) is 17.6 Å². The number of carbonyl (C=O) groups excluding carboxylic acids is 7. The summed E-state index contributed by atoms with van der Waals surface area (Å²) in [5.74, 6) is -3.56. The summed E-state index contributed by atoms with van der Waals surface area (Å²) in [4.78, 5) is 87.6. The van der Waals surface area contributed by atoms with E-state index in [1.54, 1.807) is 0 Å². The van der Waals surface area contributed by atoms with E-state index in [0.717, 1.165) is 125 Å². The highest BCUT2D eigenvalue weighted by Gasteiger charge is 2.54. The largest absolute Gasteiger partial charge is 0.456 e. The first-order chi connectivity index (χ1) is 43.8. The lowest BCUT2D eigenvalue weighted by Crippen LogP contribution is -2.65. The summed E-state index contributed by atoms with van der Waals surface area (Å²) in [7, 11) is 4.15. The highest BCUT2D eigenvalue weighted by Crippen LogP contribution is 2.35. The van der Waals surface area contributed by atoms with Gasteiger partial charge in [0, 0.05) is 60.4 Å². The molecule has 4 aliphatic heterocycles. The van der Waals surface area contributed by atoms with Crippen molar-refractivity contribution in [1.82, 2.24) is 10.2 Å². The molecule has 4 aliphatic rings. The first-order valence-electron chi connectivity index (χ1n) is 33.6. The average Bonchev–Trinajstić information content (AvgIpc) is 0.849. The minimum Gasteiger partial charge on any atom is -0.456 e. The molecule has 0 bridgehead atoms. The van der Waals surface area contributed by atoms with Gasteiger partial charge in [-0.05, 0) is 71.5 Å². The number of ether oxygens (including phenoxy) is 13. The van der Waals surface area contributed by atoms with Gasteiger partial charge in [0.2, 0.25) is 5.91 Å². The Labute approximate surface area is 543 Å². The van der Waals surface area contributed by atoms with Gasteiger partial charge in [-0.2, -0.15) is 0 Å². The summed E-state index contributed by atoms with van der Waals surface area (Å²) in [5.41, 5.74) is 0. The summed E-state index contributed by atoms with van der Waals surface area (Å²) in [5, 5.41) is 61.2. The van der Waals surface area contributed by atoms with Gasteiger partial charge in [-0.1, -0.05) is 104 Å². The molecule has 0 aliphatic carbocycles. The van der Waals surface area contributed by atoms with E-state index in [2.05, 4.69) is 24.3 Å². The smallest absolute Gasteiger partial charge is 0.303 e. The van der Waals surface area contributed by atoms with Crippen LogP contribution in [0.2, 0.25) is 0 Å². The lowest BCUT2D eigenvalue weighted by molar-refractivity contribution is -0.380. The van der Waals surface area contributed by atoms with Crippen molar-refractivity contribution in [2.24, 2.45) is 5.92 Å². The predicted molar refractivity (Wildman–Crippen MR) is 328 cm³/mol. The molecule has 27 heteroatoms. The quantitative estimate of drug-likeness (QED) is 0.0274. The van der Waals surface area contributed by atoms with E-state index < -0.39 is 167 Å². The highest BCUT2D eigenvalue weighted by atomic mass is 16.8. The number of ketones is 1. The van der Waals surface area contributed by atoms with E-state index in [4.69, 9.17) is 61.6 Å². The van der Waals surface area contributed by atoms with Crippen LogP contribution in [-0.4, -0.2) is 236 Å². The summed E-state index contributed by atoms with van der Waals surface area (Å²) in [6.07, 6.45) is -5.25. The Bertz CT molecular complexity index is 2160. The zero-order valence-corrected chi connectivity index (χ0v) is 56.0. The van der Waals surface area contributed by atoms with E-state index >= 15 is 0 Å². The van der Waals surface area contributed by atoms with E-state index in [1.807, 2.05) is 13.8 Å². The van der Waals surface area contributed by atoms with Crippen LogP contribution < -0.4 is 5.32 Å². The number of aliphatic hydroxyl groups excluding tert-OH is 5. The molecule has 0 aromatic carbocycles. The number of esters is 5. The van der Waals surface area contributed by atoms with Gasteiger partial charge in [0.05, 0.1) is 38.6 Å². The minimum atomic E-state index is -1.96. The molecule has 4 heterocycles. The molecule has 0 radical (unpaired) electrons. The molecule has 18 unspecified atom stereocenters. The van der Waals surface area contributed by atoms with Crippen LogP contribution in [0.1, 0.15) is 203 Å². The number of hydrogen-bond acceptors (Lipinski definition) is 26.